The average molecular weight is 318 g/mol. The largest absolute Gasteiger partial charge is 0.481 e. The molecule has 6 heteroatoms. The Balaban J connectivity index is 2.68. The first-order valence-electron chi connectivity index (χ1n) is 5.34. The van der Waals surface area contributed by atoms with Crippen molar-refractivity contribution in [2.75, 3.05) is 13.6 Å². The third-order valence-corrected chi connectivity index (χ3v) is 2.88. The molecule has 1 rings (SSSR count). The van der Waals surface area contributed by atoms with Gasteiger partial charge in [0.2, 0.25) is 0 Å². The second-order valence-corrected chi connectivity index (χ2v) is 4.76. The number of benzene rings is 1. The first kappa shape index (κ1) is 14.6. The highest BCUT2D eigenvalue weighted by molar-refractivity contribution is 9.10. The number of hydrogen-bond donors (Lipinski definition) is 1. The van der Waals surface area contributed by atoms with Crippen LogP contribution in [0.5, 0.6) is 0 Å². The van der Waals surface area contributed by atoms with E-state index >= 15 is 0 Å². The van der Waals surface area contributed by atoms with E-state index in [9.17, 15) is 14.0 Å². The highest BCUT2D eigenvalue weighted by Crippen LogP contribution is 2.17. The van der Waals surface area contributed by atoms with Gasteiger partial charge in [-0.2, -0.15) is 0 Å². The van der Waals surface area contributed by atoms with Gasteiger partial charge in [-0.25, -0.2) is 4.39 Å². The standard InChI is InChI=1S/C12H13BrFNO3/c1-15(6-2-3-11(16)17)12(18)9-7-8(13)4-5-10(9)14/h4-5,7H,2-3,6H2,1H3,(H,16,17). The molecule has 0 aromatic heterocycles. The van der Waals surface area contributed by atoms with E-state index in [0.29, 0.717) is 10.9 Å². The second-order valence-electron chi connectivity index (χ2n) is 3.85. The summed E-state index contributed by atoms with van der Waals surface area (Å²) in [6.45, 7) is 0.275. The highest BCUT2D eigenvalue weighted by atomic mass is 79.9. The minimum Gasteiger partial charge on any atom is -0.481 e. The maximum absolute atomic E-state index is 13.5. The number of hydrogen-bond acceptors (Lipinski definition) is 2. The topological polar surface area (TPSA) is 57.6 Å². The van der Waals surface area contributed by atoms with E-state index in [4.69, 9.17) is 5.11 Å². The van der Waals surface area contributed by atoms with E-state index in [0.717, 1.165) is 0 Å². The van der Waals surface area contributed by atoms with Crippen LogP contribution < -0.4 is 0 Å². The van der Waals surface area contributed by atoms with Crippen LogP contribution in [-0.2, 0) is 4.79 Å². The van der Waals surface area contributed by atoms with Gasteiger partial charge in [0.05, 0.1) is 5.56 Å². The molecule has 0 fully saturated rings. The smallest absolute Gasteiger partial charge is 0.303 e. The molecule has 1 aromatic carbocycles. The van der Waals surface area contributed by atoms with Crippen molar-refractivity contribution in [3.05, 3.63) is 34.1 Å². The lowest BCUT2D eigenvalue weighted by atomic mass is 10.2. The molecule has 1 aromatic rings. The predicted octanol–water partition coefficient (Wildman–Crippen LogP) is 2.53. The Morgan fingerprint density at radius 1 is 1.44 bits per heavy atom. The van der Waals surface area contributed by atoms with Crippen molar-refractivity contribution in [3.8, 4) is 0 Å². The molecule has 98 valence electrons. The van der Waals surface area contributed by atoms with Crippen molar-refractivity contribution in [1.29, 1.82) is 0 Å². The summed E-state index contributed by atoms with van der Waals surface area (Å²) in [7, 11) is 1.52. The van der Waals surface area contributed by atoms with Crippen LogP contribution in [0.2, 0.25) is 0 Å². The van der Waals surface area contributed by atoms with E-state index in [2.05, 4.69) is 15.9 Å². The van der Waals surface area contributed by atoms with Crippen LogP contribution >= 0.6 is 15.9 Å². The van der Waals surface area contributed by atoms with Gasteiger partial charge in [-0.15, -0.1) is 0 Å². The van der Waals surface area contributed by atoms with Crippen molar-refractivity contribution in [3.63, 3.8) is 0 Å². The van der Waals surface area contributed by atoms with Crippen LogP contribution in [0.3, 0.4) is 0 Å². The van der Waals surface area contributed by atoms with Gasteiger partial charge in [0.25, 0.3) is 5.91 Å². The van der Waals surface area contributed by atoms with Crippen LogP contribution in [-0.4, -0.2) is 35.5 Å². The molecule has 0 bridgehead atoms. The Kier molecular flexibility index (Phi) is 5.27. The number of aliphatic carboxylic acids is 1. The molecule has 0 aliphatic carbocycles. The zero-order valence-electron chi connectivity index (χ0n) is 9.82. The fourth-order valence-electron chi connectivity index (χ4n) is 1.44. The van der Waals surface area contributed by atoms with Crippen LogP contribution in [0.15, 0.2) is 22.7 Å². The fourth-order valence-corrected chi connectivity index (χ4v) is 1.80. The molecule has 0 unspecified atom stereocenters. The number of halogens is 2. The molecular weight excluding hydrogens is 305 g/mol. The summed E-state index contributed by atoms with van der Waals surface area (Å²) in [5, 5.41) is 8.49. The van der Waals surface area contributed by atoms with Crippen LogP contribution in [0.4, 0.5) is 4.39 Å². The van der Waals surface area contributed by atoms with Gasteiger partial charge < -0.3 is 10.0 Å². The summed E-state index contributed by atoms with van der Waals surface area (Å²) < 4.78 is 14.1. The van der Waals surface area contributed by atoms with Gasteiger partial charge in [-0.3, -0.25) is 9.59 Å². The monoisotopic (exact) mass is 317 g/mol. The molecule has 4 nitrogen and oxygen atoms in total. The molecule has 18 heavy (non-hydrogen) atoms. The Hall–Kier alpha value is -1.43. The van der Waals surface area contributed by atoms with Crippen LogP contribution in [0.1, 0.15) is 23.2 Å². The summed E-state index contributed by atoms with van der Waals surface area (Å²) >= 11 is 3.17. The average Bonchev–Trinajstić information content (AvgIpc) is 2.30. The van der Waals surface area contributed by atoms with Crippen molar-refractivity contribution in [2.24, 2.45) is 0 Å². The molecule has 0 aliphatic heterocycles. The molecule has 0 heterocycles. The quantitative estimate of drug-likeness (QED) is 0.907. The Bertz CT molecular complexity index is 465. The third-order valence-electron chi connectivity index (χ3n) is 2.39. The summed E-state index contributed by atoms with van der Waals surface area (Å²) in [5.41, 5.74) is -0.0257. The lowest BCUT2D eigenvalue weighted by Gasteiger charge is -2.17. The van der Waals surface area contributed by atoms with Gasteiger partial charge in [-0.05, 0) is 24.6 Å². The normalized spacial score (nSPS) is 10.2. The van der Waals surface area contributed by atoms with Crippen molar-refractivity contribution >= 4 is 27.8 Å². The van der Waals surface area contributed by atoms with E-state index < -0.39 is 17.7 Å². The first-order valence-corrected chi connectivity index (χ1v) is 6.13. The predicted molar refractivity (Wildman–Crippen MR) is 67.9 cm³/mol. The molecule has 0 saturated carbocycles. The summed E-state index contributed by atoms with van der Waals surface area (Å²) in [5.74, 6) is -1.96. The molecule has 1 amide bonds. The number of carboxylic acids is 1. The molecule has 0 aliphatic rings. The summed E-state index contributed by atoms with van der Waals surface area (Å²) in [6, 6.07) is 4.13. The maximum Gasteiger partial charge on any atom is 0.303 e. The zero-order chi connectivity index (χ0) is 13.7. The van der Waals surface area contributed by atoms with Crippen molar-refractivity contribution < 1.29 is 19.1 Å². The number of carboxylic acid groups (broad SMARTS) is 1. The highest BCUT2D eigenvalue weighted by Gasteiger charge is 2.16. The molecular formula is C12H13BrFNO3. The number of carbonyl (C=O) groups excluding carboxylic acids is 1. The minimum absolute atomic E-state index is 0.0153. The first-order chi connectivity index (χ1) is 8.41. The maximum atomic E-state index is 13.5. The SMILES string of the molecule is CN(CCCC(=O)O)C(=O)c1cc(Br)ccc1F. The van der Waals surface area contributed by atoms with Gasteiger partial charge in [0.1, 0.15) is 5.82 Å². The van der Waals surface area contributed by atoms with Crippen molar-refractivity contribution in [2.45, 2.75) is 12.8 Å². The Morgan fingerprint density at radius 3 is 2.72 bits per heavy atom. The lowest BCUT2D eigenvalue weighted by Crippen LogP contribution is -2.28. The van der Waals surface area contributed by atoms with Crippen LogP contribution in [0, 0.1) is 5.82 Å². The van der Waals surface area contributed by atoms with Crippen LogP contribution in [0.25, 0.3) is 0 Å². The van der Waals surface area contributed by atoms with E-state index in [1.807, 2.05) is 0 Å². The van der Waals surface area contributed by atoms with Gasteiger partial charge >= 0.3 is 5.97 Å². The summed E-state index contributed by atoms with van der Waals surface area (Å²) in [4.78, 5) is 23.6. The van der Waals surface area contributed by atoms with Gasteiger partial charge in [0, 0.05) is 24.5 Å². The molecule has 0 spiro atoms. The molecule has 0 radical (unpaired) electrons. The van der Waals surface area contributed by atoms with Gasteiger partial charge in [-0.1, -0.05) is 15.9 Å². The number of amides is 1. The summed E-state index contributed by atoms with van der Waals surface area (Å²) in [6.07, 6.45) is 0.325. The zero-order valence-corrected chi connectivity index (χ0v) is 11.4. The number of rotatable bonds is 5. The second kappa shape index (κ2) is 6.49. The third kappa shape index (κ3) is 4.10. The lowest BCUT2D eigenvalue weighted by molar-refractivity contribution is -0.137. The number of nitrogens with zero attached hydrogens (tertiary/aromatic N) is 1. The minimum atomic E-state index is -0.913. The van der Waals surface area contributed by atoms with E-state index in [-0.39, 0.29) is 18.5 Å². The number of carbonyl (C=O) groups is 2. The fraction of sp³-hybridized carbons (Fsp3) is 0.333. The van der Waals surface area contributed by atoms with Crippen molar-refractivity contribution in [1.82, 2.24) is 4.90 Å². The van der Waals surface area contributed by atoms with E-state index in [1.165, 1.54) is 30.1 Å². The van der Waals surface area contributed by atoms with E-state index in [1.54, 1.807) is 0 Å². The molecule has 1 N–H and O–H groups in total. The Morgan fingerprint density at radius 2 is 2.11 bits per heavy atom. The Labute approximate surface area is 113 Å². The molecule has 0 saturated heterocycles. The molecule has 0 atom stereocenters. The van der Waals surface area contributed by atoms with Gasteiger partial charge in [0.15, 0.2) is 0 Å².